The molecule has 3 aromatic carbocycles. The number of nitrogens with one attached hydrogen (secondary N) is 4. The number of hydrogen-bond donors (Lipinski definition) is 4. The first kappa shape index (κ1) is 40.3. The van der Waals surface area contributed by atoms with Gasteiger partial charge in [0.25, 0.3) is 0 Å². The molecule has 2 aliphatic carbocycles. The molecule has 8 nitrogen and oxygen atoms in total. The van der Waals surface area contributed by atoms with E-state index in [1.807, 2.05) is 76.7 Å². The first-order chi connectivity index (χ1) is 25.9. The lowest BCUT2D eigenvalue weighted by Crippen LogP contribution is -2.45. The number of fused-ring (bicyclic) bond motifs is 1. The second-order valence-corrected chi connectivity index (χ2v) is 16.3. The van der Waals surface area contributed by atoms with Gasteiger partial charge in [-0.25, -0.2) is 4.79 Å². The lowest BCUT2D eigenvalue weighted by Gasteiger charge is -2.39. The minimum atomic E-state index is -1.45. The van der Waals surface area contributed by atoms with Crippen LogP contribution in [0.15, 0.2) is 126 Å². The highest BCUT2D eigenvalue weighted by Gasteiger charge is 2.50. The molecule has 0 spiro atoms. The summed E-state index contributed by atoms with van der Waals surface area (Å²) in [5.74, 6) is 1.000. The van der Waals surface area contributed by atoms with Crippen LogP contribution >= 0.6 is 63.7 Å². The second kappa shape index (κ2) is 16.4. The van der Waals surface area contributed by atoms with Crippen LogP contribution in [0.25, 0.3) is 11.1 Å². The van der Waals surface area contributed by atoms with Crippen molar-refractivity contribution in [1.29, 1.82) is 0 Å². The molecule has 0 fully saturated rings. The van der Waals surface area contributed by atoms with E-state index in [0.717, 1.165) is 49.6 Å². The zero-order valence-electron chi connectivity index (χ0n) is 30.8. The van der Waals surface area contributed by atoms with Crippen LogP contribution in [-0.2, 0) is 10.3 Å². The number of hydrogen-bond acceptors (Lipinski definition) is 8. The Kier molecular flexibility index (Phi) is 12.2. The molecule has 4 N–H and O–H groups in total. The number of ether oxygens (including phenoxy) is 3. The summed E-state index contributed by atoms with van der Waals surface area (Å²) < 4.78 is 20.7. The van der Waals surface area contributed by atoms with E-state index in [1.165, 1.54) is 0 Å². The van der Waals surface area contributed by atoms with Crippen molar-refractivity contribution in [1.82, 2.24) is 21.3 Å². The van der Waals surface area contributed by atoms with E-state index in [0.29, 0.717) is 37.4 Å². The van der Waals surface area contributed by atoms with Gasteiger partial charge in [-0.1, -0.05) is 48.6 Å². The molecule has 0 radical (unpaired) electrons. The Balaban J connectivity index is 1.77. The highest BCUT2D eigenvalue weighted by molar-refractivity contribution is 9.15. The Morgan fingerprint density at radius 3 is 1.44 bits per heavy atom. The van der Waals surface area contributed by atoms with Crippen LogP contribution < -0.4 is 30.7 Å². The first-order valence-corrected chi connectivity index (χ1v) is 20.5. The number of carbonyl (C=O) groups is 1. The largest absolute Gasteiger partial charge is 0.497 e. The molecule has 3 aliphatic rings. The fraction of sp³-hybridized carbons (Fsp3) is 0.262. The molecule has 1 aliphatic heterocycles. The molecule has 0 saturated carbocycles. The molecular formula is C42H42Br4N4O4. The van der Waals surface area contributed by atoms with Gasteiger partial charge in [0.05, 0.1) is 30.9 Å². The Morgan fingerprint density at radius 2 is 1.09 bits per heavy atom. The predicted molar refractivity (Wildman–Crippen MR) is 232 cm³/mol. The van der Waals surface area contributed by atoms with E-state index in [4.69, 9.17) is 14.2 Å². The van der Waals surface area contributed by atoms with Crippen molar-refractivity contribution < 1.29 is 19.0 Å². The van der Waals surface area contributed by atoms with Crippen molar-refractivity contribution in [3.05, 3.63) is 149 Å². The van der Waals surface area contributed by atoms with Crippen molar-refractivity contribution >= 4 is 80.8 Å². The molecule has 0 amide bonds. The Labute approximate surface area is 350 Å². The highest BCUT2D eigenvalue weighted by Crippen LogP contribution is 2.55. The van der Waals surface area contributed by atoms with E-state index >= 15 is 0 Å². The van der Waals surface area contributed by atoms with Crippen LogP contribution in [-0.4, -0.2) is 59.5 Å². The van der Waals surface area contributed by atoms with Gasteiger partial charge in [0, 0.05) is 48.9 Å². The Morgan fingerprint density at radius 1 is 0.667 bits per heavy atom. The van der Waals surface area contributed by atoms with Crippen LogP contribution in [0, 0.1) is 0 Å². The highest BCUT2D eigenvalue weighted by atomic mass is 79.9. The van der Waals surface area contributed by atoms with E-state index in [1.54, 1.807) is 14.2 Å². The molecule has 6 rings (SSSR count). The van der Waals surface area contributed by atoms with Crippen molar-refractivity contribution in [3.63, 3.8) is 0 Å². The average molecular weight is 986 g/mol. The van der Waals surface area contributed by atoms with Gasteiger partial charge in [-0.05, 0) is 161 Å². The minimum absolute atomic E-state index is 0.415. The number of likely N-dealkylation sites (N-methyl/N-ethyl adjacent to an activating group) is 4. The van der Waals surface area contributed by atoms with E-state index in [-0.39, 0.29) is 0 Å². The molecule has 2 unspecified atom stereocenters. The zero-order chi connectivity index (χ0) is 38.8. The standard InChI is InChI=1S/C42H42Br4N4O4/c1-47-27-15-19-40(49-3,20-16-27)31(25-7-11-29(52-5)12-8-25)23-42(34-33(39(51)54-42)35(43)37(45)38(46)36(34)44)24-32(26-9-13-30(53-6)14-10-26)41(50-4)21-17-28(48-2)18-22-41/h7-19,21,23-24,47-50H,20,22H2,1-6H3. The number of methoxy groups -OCH3 is 2. The predicted octanol–water partition coefficient (Wildman–Crippen LogP) is 9.33. The molecule has 54 heavy (non-hydrogen) atoms. The van der Waals surface area contributed by atoms with Crippen LogP contribution in [0.1, 0.15) is 39.9 Å². The molecule has 2 atom stereocenters. The van der Waals surface area contributed by atoms with Gasteiger partial charge >= 0.3 is 5.97 Å². The van der Waals surface area contributed by atoms with Crippen molar-refractivity contribution in [3.8, 4) is 11.5 Å². The van der Waals surface area contributed by atoms with E-state index in [2.05, 4.69) is 134 Å². The lowest BCUT2D eigenvalue weighted by molar-refractivity contribution is 0.0295. The molecule has 0 saturated heterocycles. The molecule has 282 valence electrons. The maximum atomic E-state index is 14.4. The maximum Gasteiger partial charge on any atom is 0.341 e. The summed E-state index contributed by atoms with van der Waals surface area (Å²) in [6.45, 7) is 0. The van der Waals surface area contributed by atoms with Crippen LogP contribution in [0.4, 0.5) is 0 Å². The van der Waals surface area contributed by atoms with Gasteiger partial charge in [0.2, 0.25) is 0 Å². The van der Waals surface area contributed by atoms with E-state index in [9.17, 15) is 4.79 Å². The summed E-state index contributed by atoms with van der Waals surface area (Å²) in [6.07, 6.45) is 18.3. The van der Waals surface area contributed by atoms with Crippen molar-refractivity contribution in [2.45, 2.75) is 29.5 Å². The van der Waals surface area contributed by atoms with Gasteiger partial charge in [0.1, 0.15) is 11.5 Å². The quantitative estimate of drug-likeness (QED) is 0.0812. The molecule has 3 aromatic rings. The normalized spacial score (nSPS) is 23.7. The van der Waals surface area contributed by atoms with Gasteiger partial charge in [-0.2, -0.15) is 0 Å². The summed E-state index contributed by atoms with van der Waals surface area (Å²) in [4.78, 5) is 14.4. The van der Waals surface area contributed by atoms with Crippen LogP contribution in [0.5, 0.6) is 11.5 Å². The average Bonchev–Trinajstić information content (AvgIpc) is 3.51. The smallest absolute Gasteiger partial charge is 0.341 e. The van der Waals surface area contributed by atoms with Crippen LogP contribution in [0.3, 0.4) is 0 Å². The minimum Gasteiger partial charge on any atom is -0.497 e. The van der Waals surface area contributed by atoms with Gasteiger partial charge in [-0.15, -0.1) is 0 Å². The summed E-state index contributed by atoms with van der Waals surface area (Å²) >= 11 is 15.2. The monoisotopic (exact) mass is 982 g/mol. The number of rotatable bonds is 12. The molecule has 1 heterocycles. The number of esters is 1. The topological polar surface area (TPSA) is 92.9 Å². The lowest BCUT2D eigenvalue weighted by atomic mass is 9.73. The molecule has 0 aromatic heterocycles. The fourth-order valence-electron chi connectivity index (χ4n) is 7.29. The number of benzene rings is 3. The third-order valence-electron chi connectivity index (χ3n) is 10.5. The van der Waals surface area contributed by atoms with Crippen molar-refractivity contribution in [2.75, 3.05) is 42.4 Å². The van der Waals surface area contributed by atoms with Crippen molar-refractivity contribution in [2.24, 2.45) is 0 Å². The number of allylic oxidation sites excluding steroid dienone is 2. The molecular weight excluding hydrogens is 944 g/mol. The number of carbonyl (C=O) groups excluding carboxylic acids is 1. The summed E-state index contributed by atoms with van der Waals surface area (Å²) in [5.41, 5.74) is 3.90. The Hall–Kier alpha value is -3.39. The summed E-state index contributed by atoms with van der Waals surface area (Å²) in [7, 11) is 11.0. The SMILES string of the molecule is CNC1=CCC(NC)(C(=CC2(C=C(c3ccc(OC)cc3)C3(NC)C=CC(NC)=CC3)OC(=O)c3c(Br)c(Br)c(Br)c(Br)c32)c2ccc(OC)cc2)C=C1. The van der Waals surface area contributed by atoms with Gasteiger partial charge < -0.3 is 35.5 Å². The Bertz CT molecular complexity index is 2030. The maximum absolute atomic E-state index is 14.4. The second-order valence-electron chi connectivity index (χ2n) is 13.1. The third kappa shape index (κ3) is 7.21. The van der Waals surface area contributed by atoms with Gasteiger partial charge in [0.15, 0.2) is 5.60 Å². The summed E-state index contributed by atoms with van der Waals surface area (Å²) in [5, 5.41) is 13.8. The molecule has 0 bridgehead atoms. The van der Waals surface area contributed by atoms with Gasteiger partial charge in [-0.3, -0.25) is 0 Å². The zero-order valence-corrected chi connectivity index (χ0v) is 37.1. The fourth-order valence-corrected chi connectivity index (χ4v) is 9.88. The van der Waals surface area contributed by atoms with Crippen LogP contribution in [0.2, 0.25) is 0 Å². The first-order valence-electron chi connectivity index (χ1n) is 17.3. The number of cyclic esters (lactones) is 1. The third-order valence-corrected chi connectivity index (χ3v) is 15.2. The summed E-state index contributed by atoms with van der Waals surface area (Å²) in [6, 6.07) is 16.0. The number of halogens is 4. The molecule has 12 heteroatoms. The van der Waals surface area contributed by atoms with E-state index < -0.39 is 22.6 Å².